The summed E-state index contributed by atoms with van der Waals surface area (Å²) in [5.74, 6) is 1.25. The molecule has 3 rings (SSSR count). The minimum atomic E-state index is -3.11. The highest BCUT2D eigenvalue weighted by Crippen LogP contribution is 2.17. The van der Waals surface area contributed by atoms with E-state index in [4.69, 9.17) is 5.73 Å². The van der Waals surface area contributed by atoms with E-state index in [1.54, 1.807) is 19.3 Å². The Labute approximate surface area is 147 Å². The molecule has 1 saturated heterocycles. The van der Waals surface area contributed by atoms with Crippen LogP contribution >= 0.6 is 0 Å². The summed E-state index contributed by atoms with van der Waals surface area (Å²) in [5.41, 5.74) is 7.49. The van der Waals surface area contributed by atoms with Crippen molar-refractivity contribution in [2.75, 3.05) is 38.2 Å². The Balaban J connectivity index is 1.71. The lowest BCUT2D eigenvalue weighted by atomic mass is 10.1. The molecule has 3 heterocycles. The summed E-state index contributed by atoms with van der Waals surface area (Å²) in [5, 5.41) is 0. The molecule has 0 saturated carbocycles. The second-order valence-corrected chi connectivity index (χ2v) is 8.07. The maximum absolute atomic E-state index is 11.6. The van der Waals surface area contributed by atoms with Crippen LogP contribution in [0.4, 0.5) is 5.95 Å². The quantitative estimate of drug-likeness (QED) is 0.800. The van der Waals surface area contributed by atoms with Crippen molar-refractivity contribution in [3.8, 4) is 11.4 Å². The van der Waals surface area contributed by atoms with E-state index >= 15 is 0 Å². The van der Waals surface area contributed by atoms with Gasteiger partial charge in [0.2, 0.25) is 16.0 Å². The number of nitrogen functional groups attached to an aromatic ring is 1. The molecule has 1 fully saturated rings. The van der Waals surface area contributed by atoms with Gasteiger partial charge in [0.1, 0.15) is 5.82 Å². The molecule has 0 atom stereocenters. The van der Waals surface area contributed by atoms with E-state index < -0.39 is 10.0 Å². The second kappa shape index (κ2) is 6.98. The van der Waals surface area contributed by atoms with Gasteiger partial charge in [0.05, 0.1) is 6.26 Å². The van der Waals surface area contributed by atoms with Gasteiger partial charge < -0.3 is 5.73 Å². The zero-order valence-corrected chi connectivity index (χ0v) is 15.1. The molecule has 2 aromatic rings. The van der Waals surface area contributed by atoms with Crippen molar-refractivity contribution >= 4 is 16.0 Å². The summed E-state index contributed by atoms with van der Waals surface area (Å²) in [6, 6.07) is 1.98. The molecular weight excluding hydrogens is 342 g/mol. The van der Waals surface area contributed by atoms with Crippen LogP contribution in [0.2, 0.25) is 0 Å². The molecule has 10 heteroatoms. The van der Waals surface area contributed by atoms with Gasteiger partial charge in [-0.15, -0.1) is 0 Å². The number of aromatic nitrogens is 4. The molecule has 0 unspecified atom stereocenters. The molecule has 0 amide bonds. The lowest BCUT2D eigenvalue weighted by Gasteiger charge is -2.33. The van der Waals surface area contributed by atoms with Crippen molar-refractivity contribution in [3.05, 3.63) is 29.8 Å². The number of sulfonamides is 1. The van der Waals surface area contributed by atoms with Gasteiger partial charge >= 0.3 is 0 Å². The average molecular weight is 363 g/mol. The first-order valence-corrected chi connectivity index (χ1v) is 9.76. The highest BCUT2D eigenvalue weighted by Gasteiger charge is 2.23. The summed E-state index contributed by atoms with van der Waals surface area (Å²) in [6.45, 7) is 4.85. The number of hydrogen-bond donors (Lipinski definition) is 1. The average Bonchev–Trinajstić information content (AvgIpc) is 2.54. The number of rotatable bonds is 4. The van der Waals surface area contributed by atoms with E-state index in [9.17, 15) is 8.42 Å². The molecule has 25 heavy (non-hydrogen) atoms. The molecule has 134 valence electrons. The van der Waals surface area contributed by atoms with Crippen LogP contribution in [0.1, 0.15) is 11.4 Å². The second-order valence-electron chi connectivity index (χ2n) is 6.08. The van der Waals surface area contributed by atoms with Gasteiger partial charge in [-0.3, -0.25) is 9.88 Å². The van der Waals surface area contributed by atoms with E-state index in [0.29, 0.717) is 44.4 Å². The monoisotopic (exact) mass is 363 g/mol. The van der Waals surface area contributed by atoms with Crippen molar-refractivity contribution in [1.82, 2.24) is 29.1 Å². The summed E-state index contributed by atoms with van der Waals surface area (Å²) < 4.78 is 24.7. The third-order valence-electron chi connectivity index (χ3n) is 4.02. The van der Waals surface area contributed by atoms with E-state index in [2.05, 4.69) is 24.8 Å². The van der Waals surface area contributed by atoms with Crippen LogP contribution in [0.15, 0.2) is 18.5 Å². The number of nitrogens with two attached hydrogens (primary N) is 1. The van der Waals surface area contributed by atoms with Gasteiger partial charge in [0.25, 0.3) is 0 Å². The Morgan fingerprint density at radius 3 is 2.48 bits per heavy atom. The molecule has 2 aromatic heterocycles. The van der Waals surface area contributed by atoms with Crippen LogP contribution in [-0.4, -0.2) is 70.0 Å². The minimum Gasteiger partial charge on any atom is -0.368 e. The molecular formula is C15H21N7O2S. The Kier molecular flexibility index (Phi) is 4.93. The molecule has 1 aliphatic rings. The van der Waals surface area contributed by atoms with Crippen molar-refractivity contribution < 1.29 is 8.42 Å². The molecule has 0 bridgehead atoms. The lowest BCUT2D eigenvalue weighted by Crippen LogP contribution is -2.47. The summed E-state index contributed by atoms with van der Waals surface area (Å²) in [6.07, 6.45) is 4.74. The Morgan fingerprint density at radius 2 is 1.84 bits per heavy atom. The van der Waals surface area contributed by atoms with Crippen molar-refractivity contribution in [2.45, 2.75) is 13.5 Å². The maximum atomic E-state index is 11.6. The summed E-state index contributed by atoms with van der Waals surface area (Å²) >= 11 is 0. The van der Waals surface area contributed by atoms with Crippen LogP contribution in [0.25, 0.3) is 11.4 Å². The predicted octanol–water partition coefficient (Wildman–Crippen LogP) is -0.0986. The van der Waals surface area contributed by atoms with Crippen LogP contribution in [-0.2, 0) is 16.6 Å². The number of hydrogen-bond acceptors (Lipinski definition) is 8. The SMILES string of the molecule is Cc1nc(N)nc(-c2cncc(CN3CCN(S(C)(=O)=O)CC3)c2)n1. The molecule has 9 nitrogen and oxygen atoms in total. The topological polar surface area (TPSA) is 118 Å². The molecule has 2 N–H and O–H groups in total. The van der Waals surface area contributed by atoms with Crippen molar-refractivity contribution in [1.29, 1.82) is 0 Å². The first kappa shape index (κ1) is 17.6. The van der Waals surface area contributed by atoms with Crippen LogP contribution in [0.3, 0.4) is 0 Å². The molecule has 0 radical (unpaired) electrons. The number of aryl methyl sites for hydroxylation is 1. The van der Waals surface area contributed by atoms with Gasteiger partial charge in [-0.2, -0.15) is 14.3 Å². The van der Waals surface area contributed by atoms with Crippen LogP contribution in [0.5, 0.6) is 0 Å². The first-order valence-electron chi connectivity index (χ1n) is 7.91. The number of nitrogens with zero attached hydrogens (tertiary/aromatic N) is 6. The number of pyridine rings is 1. The number of anilines is 1. The van der Waals surface area contributed by atoms with Gasteiger partial charge in [-0.25, -0.2) is 13.4 Å². The zero-order valence-electron chi connectivity index (χ0n) is 14.3. The highest BCUT2D eigenvalue weighted by molar-refractivity contribution is 7.88. The number of piperazine rings is 1. The fraction of sp³-hybridized carbons (Fsp3) is 0.467. The molecule has 0 spiro atoms. The molecule has 1 aliphatic heterocycles. The third-order valence-corrected chi connectivity index (χ3v) is 5.33. The van der Waals surface area contributed by atoms with Gasteiger partial charge in [-0.05, 0) is 18.6 Å². The Hall–Kier alpha value is -2.17. The largest absolute Gasteiger partial charge is 0.368 e. The third kappa shape index (κ3) is 4.47. The normalized spacial score (nSPS) is 16.9. The van der Waals surface area contributed by atoms with Crippen LogP contribution < -0.4 is 5.73 Å². The smallest absolute Gasteiger partial charge is 0.223 e. The molecule has 0 aliphatic carbocycles. The van der Waals surface area contributed by atoms with E-state index in [0.717, 1.165) is 11.1 Å². The van der Waals surface area contributed by atoms with Crippen LogP contribution in [0, 0.1) is 6.92 Å². The first-order chi connectivity index (χ1) is 11.8. The Bertz CT molecular complexity index is 844. The van der Waals surface area contributed by atoms with E-state index in [1.165, 1.54) is 10.6 Å². The predicted molar refractivity (Wildman–Crippen MR) is 93.9 cm³/mol. The lowest BCUT2D eigenvalue weighted by molar-refractivity contribution is 0.182. The fourth-order valence-corrected chi connectivity index (χ4v) is 3.63. The van der Waals surface area contributed by atoms with E-state index in [-0.39, 0.29) is 5.95 Å². The zero-order chi connectivity index (χ0) is 18.0. The standard InChI is InChI=1S/C15H21N7O2S/c1-11-18-14(20-15(16)19-11)13-7-12(8-17-9-13)10-21-3-5-22(6-4-21)25(2,23)24/h7-9H,3-6,10H2,1-2H3,(H2,16,18,19,20). The Morgan fingerprint density at radius 1 is 1.12 bits per heavy atom. The highest BCUT2D eigenvalue weighted by atomic mass is 32.2. The van der Waals surface area contributed by atoms with Gasteiger partial charge in [0.15, 0.2) is 5.82 Å². The van der Waals surface area contributed by atoms with Crippen molar-refractivity contribution in [2.24, 2.45) is 0 Å². The summed E-state index contributed by atoms with van der Waals surface area (Å²) in [7, 11) is -3.11. The summed E-state index contributed by atoms with van der Waals surface area (Å²) in [4.78, 5) is 18.9. The maximum Gasteiger partial charge on any atom is 0.223 e. The minimum absolute atomic E-state index is 0.185. The van der Waals surface area contributed by atoms with E-state index in [1.807, 2.05) is 6.07 Å². The molecule has 0 aromatic carbocycles. The fourth-order valence-electron chi connectivity index (χ4n) is 2.81. The van der Waals surface area contributed by atoms with Gasteiger partial charge in [-0.1, -0.05) is 0 Å². The van der Waals surface area contributed by atoms with Crippen molar-refractivity contribution in [3.63, 3.8) is 0 Å². The van der Waals surface area contributed by atoms with Gasteiger partial charge in [0, 0.05) is 50.7 Å².